The van der Waals surface area contributed by atoms with E-state index in [1.165, 1.54) is 36.8 Å². The molecule has 0 spiro atoms. The van der Waals surface area contributed by atoms with E-state index < -0.39 is 11.8 Å². The second kappa shape index (κ2) is 5.65. The summed E-state index contributed by atoms with van der Waals surface area (Å²) >= 11 is 0. The molecule has 0 aromatic carbocycles. The van der Waals surface area contributed by atoms with E-state index in [9.17, 15) is 9.59 Å². The highest BCUT2D eigenvalue weighted by atomic mass is 16.2. The maximum atomic E-state index is 12.1. The Morgan fingerprint density at radius 2 is 1.78 bits per heavy atom. The van der Waals surface area contributed by atoms with E-state index in [2.05, 4.69) is 15.7 Å². The van der Waals surface area contributed by atoms with Gasteiger partial charge in [0.25, 0.3) is 0 Å². The maximum Gasteiger partial charge on any atom is 0.314 e. The van der Waals surface area contributed by atoms with Crippen LogP contribution in [0, 0.1) is 29.6 Å². The van der Waals surface area contributed by atoms with E-state index in [0.29, 0.717) is 18.3 Å². The Bertz CT molecular complexity index is 596. The molecule has 5 rings (SSSR count). The monoisotopic (exact) mass is 316 g/mol. The van der Waals surface area contributed by atoms with Crippen LogP contribution >= 0.6 is 0 Å². The molecule has 1 aromatic heterocycles. The fourth-order valence-corrected chi connectivity index (χ4v) is 5.33. The molecule has 2 N–H and O–H groups in total. The summed E-state index contributed by atoms with van der Waals surface area (Å²) < 4.78 is 1.53. The van der Waals surface area contributed by atoms with E-state index in [1.54, 1.807) is 19.3 Å². The van der Waals surface area contributed by atoms with Crippen LogP contribution < -0.4 is 10.6 Å². The Kier molecular flexibility index (Phi) is 3.62. The molecule has 1 aromatic rings. The Balaban J connectivity index is 1.31. The molecule has 1 heterocycles. The standard InChI is InChI=1S/C17H24N4O2/c1-21-15(2-3-19-21)20-17(23)16(22)18-9-14-12-5-10-4-11(7-12)8-13(14)6-10/h2-3,10-14H,4-9H2,1H3,(H,18,22)(H,20,23). The van der Waals surface area contributed by atoms with Crippen LogP contribution in [0.4, 0.5) is 5.82 Å². The van der Waals surface area contributed by atoms with Gasteiger partial charge in [-0.05, 0) is 61.7 Å². The molecule has 124 valence electrons. The first-order chi connectivity index (χ1) is 11.1. The largest absolute Gasteiger partial charge is 0.348 e. The van der Waals surface area contributed by atoms with E-state index in [4.69, 9.17) is 0 Å². The predicted octanol–water partition coefficient (Wildman–Crippen LogP) is 1.55. The summed E-state index contributed by atoms with van der Waals surface area (Å²) in [7, 11) is 1.72. The lowest BCUT2D eigenvalue weighted by atomic mass is 9.52. The van der Waals surface area contributed by atoms with E-state index in [-0.39, 0.29) is 0 Å². The molecule has 4 aliphatic rings. The van der Waals surface area contributed by atoms with Crippen molar-refractivity contribution in [2.24, 2.45) is 36.6 Å². The zero-order valence-electron chi connectivity index (χ0n) is 13.5. The van der Waals surface area contributed by atoms with Gasteiger partial charge in [-0.25, -0.2) is 0 Å². The van der Waals surface area contributed by atoms with Gasteiger partial charge in [0, 0.05) is 19.7 Å². The number of hydrogen-bond acceptors (Lipinski definition) is 3. The van der Waals surface area contributed by atoms with E-state index in [1.807, 2.05) is 0 Å². The highest BCUT2D eigenvalue weighted by Crippen LogP contribution is 2.56. The van der Waals surface area contributed by atoms with Crippen molar-refractivity contribution < 1.29 is 9.59 Å². The number of hydrogen-bond donors (Lipinski definition) is 2. The molecule has 6 nitrogen and oxygen atoms in total. The smallest absolute Gasteiger partial charge is 0.314 e. The van der Waals surface area contributed by atoms with Crippen LogP contribution in [0.15, 0.2) is 12.3 Å². The first-order valence-corrected chi connectivity index (χ1v) is 8.67. The van der Waals surface area contributed by atoms with Crippen LogP contribution in [-0.2, 0) is 16.6 Å². The third-order valence-corrected chi connectivity index (χ3v) is 6.19. The fourth-order valence-electron chi connectivity index (χ4n) is 5.33. The van der Waals surface area contributed by atoms with Gasteiger partial charge in [-0.15, -0.1) is 0 Å². The quantitative estimate of drug-likeness (QED) is 0.831. The molecular formula is C17H24N4O2. The molecule has 0 atom stereocenters. The van der Waals surface area contributed by atoms with Crippen molar-refractivity contribution in [3.63, 3.8) is 0 Å². The molecular weight excluding hydrogens is 292 g/mol. The van der Waals surface area contributed by atoms with E-state index in [0.717, 1.165) is 23.7 Å². The molecule has 0 radical (unpaired) electrons. The molecule has 0 saturated heterocycles. The third kappa shape index (κ3) is 2.75. The molecule has 0 aliphatic heterocycles. The van der Waals surface area contributed by atoms with Crippen molar-refractivity contribution in [3.8, 4) is 0 Å². The van der Waals surface area contributed by atoms with Gasteiger partial charge >= 0.3 is 11.8 Å². The number of anilines is 1. The van der Waals surface area contributed by atoms with Crippen molar-refractivity contribution in [3.05, 3.63) is 12.3 Å². The van der Waals surface area contributed by atoms with Crippen LogP contribution in [0.2, 0.25) is 0 Å². The van der Waals surface area contributed by atoms with Crippen molar-refractivity contribution in [2.45, 2.75) is 32.1 Å². The fraction of sp³-hybridized carbons (Fsp3) is 0.706. The van der Waals surface area contributed by atoms with Crippen LogP contribution in [0.3, 0.4) is 0 Å². The van der Waals surface area contributed by atoms with Gasteiger partial charge in [-0.2, -0.15) is 5.10 Å². The predicted molar refractivity (Wildman–Crippen MR) is 85.4 cm³/mol. The summed E-state index contributed by atoms with van der Waals surface area (Å²) in [6.07, 6.45) is 8.33. The summed E-state index contributed by atoms with van der Waals surface area (Å²) in [5, 5.41) is 9.42. The third-order valence-electron chi connectivity index (χ3n) is 6.19. The lowest BCUT2D eigenvalue weighted by molar-refractivity contribution is -0.136. The van der Waals surface area contributed by atoms with Crippen molar-refractivity contribution >= 4 is 17.6 Å². The first-order valence-electron chi connectivity index (χ1n) is 8.67. The number of amides is 2. The van der Waals surface area contributed by atoms with Crippen LogP contribution in [0.1, 0.15) is 32.1 Å². The number of aryl methyl sites for hydroxylation is 1. The zero-order chi connectivity index (χ0) is 16.0. The van der Waals surface area contributed by atoms with Crippen LogP contribution in [0.25, 0.3) is 0 Å². The summed E-state index contributed by atoms with van der Waals surface area (Å²) in [6.45, 7) is 0.645. The summed E-state index contributed by atoms with van der Waals surface area (Å²) in [5.74, 6) is 3.31. The van der Waals surface area contributed by atoms with Crippen molar-refractivity contribution in [2.75, 3.05) is 11.9 Å². The molecule has 4 aliphatic carbocycles. The molecule has 2 amide bonds. The lowest BCUT2D eigenvalue weighted by Crippen LogP contribution is -2.50. The summed E-state index contributed by atoms with van der Waals surface area (Å²) in [5.41, 5.74) is 0. The number of rotatable bonds is 3. The average molecular weight is 316 g/mol. The van der Waals surface area contributed by atoms with Crippen molar-refractivity contribution in [1.82, 2.24) is 15.1 Å². The van der Waals surface area contributed by atoms with Gasteiger partial charge in [0.1, 0.15) is 5.82 Å². The van der Waals surface area contributed by atoms with Gasteiger partial charge in [0.2, 0.25) is 0 Å². The molecule has 4 bridgehead atoms. The minimum Gasteiger partial charge on any atom is -0.348 e. The number of nitrogens with one attached hydrogen (secondary N) is 2. The first kappa shape index (κ1) is 14.7. The molecule has 4 fully saturated rings. The average Bonchev–Trinajstić information content (AvgIpc) is 2.90. The molecule has 4 saturated carbocycles. The summed E-state index contributed by atoms with van der Waals surface area (Å²) in [4.78, 5) is 24.0. The topological polar surface area (TPSA) is 76.0 Å². The SMILES string of the molecule is Cn1nccc1NC(=O)C(=O)NCC1C2CC3CC(C2)CC1C3. The van der Waals surface area contributed by atoms with Crippen molar-refractivity contribution in [1.29, 1.82) is 0 Å². The lowest BCUT2D eigenvalue weighted by Gasteiger charge is -2.54. The van der Waals surface area contributed by atoms with Crippen LogP contribution in [-0.4, -0.2) is 28.1 Å². The van der Waals surface area contributed by atoms with Gasteiger partial charge in [-0.1, -0.05) is 0 Å². The number of carbonyl (C=O) groups excluding carboxylic acids is 2. The zero-order valence-corrected chi connectivity index (χ0v) is 13.5. The number of carbonyl (C=O) groups is 2. The van der Waals surface area contributed by atoms with E-state index >= 15 is 0 Å². The van der Waals surface area contributed by atoms with Gasteiger partial charge in [0.15, 0.2) is 0 Å². The highest BCUT2D eigenvalue weighted by Gasteiger charge is 2.48. The van der Waals surface area contributed by atoms with Gasteiger partial charge < -0.3 is 10.6 Å². The minimum atomic E-state index is -0.614. The van der Waals surface area contributed by atoms with Crippen LogP contribution in [0.5, 0.6) is 0 Å². The summed E-state index contributed by atoms with van der Waals surface area (Å²) in [6, 6.07) is 1.67. The van der Waals surface area contributed by atoms with Gasteiger partial charge in [-0.3, -0.25) is 14.3 Å². The Labute approximate surface area is 136 Å². The molecule has 6 heteroatoms. The Morgan fingerprint density at radius 3 is 2.35 bits per heavy atom. The minimum absolute atomic E-state index is 0.528. The number of aromatic nitrogens is 2. The second-order valence-corrected chi connectivity index (χ2v) is 7.60. The normalized spacial score (nSPS) is 34.4. The molecule has 23 heavy (non-hydrogen) atoms. The highest BCUT2D eigenvalue weighted by molar-refractivity contribution is 6.39. The number of nitrogens with zero attached hydrogens (tertiary/aromatic N) is 2. The Hall–Kier alpha value is -1.85. The maximum absolute atomic E-state index is 12.1. The Morgan fingerprint density at radius 1 is 1.13 bits per heavy atom. The molecule has 0 unspecified atom stereocenters. The second-order valence-electron chi connectivity index (χ2n) is 7.60. The van der Waals surface area contributed by atoms with Gasteiger partial charge in [0.05, 0.1) is 6.20 Å².